The van der Waals surface area contributed by atoms with Crippen molar-refractivity contribution in [2.24, 2.45) is 0 Å². The maximum absolute atomic E-state index is 12.4. The van der Waals surface area contributed by atoms with E-state index >= 15 is 0 Å². The molecule has 0 fully saturated rings. The van der Waals surface area contributed by atoms with Gasteiger partial charge in [0.05, 0.1) is 27.7 Å². The van der Waals surface area contributed by atoms with Crippen LogP contribution in [0, 0.1) is 0 Å². The lowest BCUT2D eigenvalue weighted by atomic mass is 10.0. The highest BCUT2D eigenvalue weighted by Crippen LogP contribution is 2.35. The van der Waals surface area contributed by atoms with Crippen LogP contribution in [0.4, 0.5) is 0 Å². The van der Waals surface area contributed by atoms with Crippen molar-refractivity contribution < 1.29 is 47.9 Å². The zero-order valence-electron chi connectivity index (χ0n) is 35.0. The van der Waals surface area contributed by atoms with Gasteiger partial charge in [0.2, 0.25) is 0 Å². The van der Waals surface area contributed by atoms with Crippen LogP contribution < -0.4 is 0 Å². The molecule has 0 aliphatic heterocycles. The smallest absolute Gasteiger partial charge is 0.457 e. The van der Waals surface area contributed by atoms with Crippen LogP contribution in [-0.2, 0) is 23.4 Å². The minimum atomic E-state index is -4.26. The van der Waals surface area contributed by atoms with Gasteiger partial charge in [0.25, 0.3) is 0 Å². The standard InChI is InChI=1S/C37H70O5.C5H14NO4P/c1-3-5-7-9-11-13-15-17-18-20-22-24-26-28-30-32-36(40)42-35(33-38)37(41)34(39)31-29-27-25-23-21-19-16-14-12-10-8-6-4-2;1-6(2,3)4-5-10-11(7,8)9/h17-18,35,37-38,41H,3-16,19-33H2,1-2H3;4-5H2,1-3H3,(H-,7,8,9)/p+1/b18-17-;/t35-,37?;/m0./s1. The number of carbonyl (C=O) groups is 2. The number of ether oxygens (including phenoxy) is 1. The first-order valence-corrected chi connectivity index (χ1v) is 23.0. The van der Waals surface area contributed by atoms with Crippen molar-refractivity contribution in [1.29, 1.82) is 0 Å². The van der Waals surface area contributed by atoms with Crippen LogP contribution in [0.25, 0.3) is 0 Å². The Morgan fingerprint density at radius 1 is 0.623 bits per heavy atom. The summed E-state index contributed by atoms with van der Waals surface area (Å²) < 4.78 is 20.3. The summed E-state index contributed by atoms with van der Waals surface area (Å²) in [6.45, 7) is 4.62. The predicted molar refractivity (Wildman–Crippen MR) is 219 cm³/mol. The van der Waals surface area contributed by atoms with Crippen LogP contribution in [0.2, 0.25) is 0 Å². The highest BCUT2D eigenvalue weighted by Gasteiger charge is 2.28. The monoisotopic (exact) mass is 779 g/mol. The number of aliphatic hydroxyl groups excluding tert-OH is 2. The van der Waals surface area contributed by atoms with Crippen LogP contribution in [0.3, 0.4) is 0 Å². The van der Waals surface area contributed by atoms with Crippen LogP contribution in [-0.4, -0.2) is 89.3 Å². The van der Waals surface area contributed by atoms with Crippen molar-refractivity contribution in [2.75, 3.05) is 40.9 Å². The molecule has 1 unspecified atom stereocenters. The summed E-state index contributed by atoms with van der Waals surface area (Å²) >= 11 is 0. The largest absolute Gasteiger partial charge is 0.469 e. The van der Waals surface area contributed by atoms with Gasteiger partial charge in [-0.15, -0.1) is 0 Å². The van der Waals surface area contributed by atoms with Gasteiger partial charge < -0.3 is 29.2 Å². The molecule has 0 radical (unpaired) electrons. The molecule has 11 heteroatoms. The maximum Gasteiger partial charge on any atom is 0.469 e. The van der Waals surface area contributed by atoms with E-state index in [-0.39, 0.29) is 25.2 Å². The SMILES string of the molecule is CCCCCCCC/C=C\CCCCCCCC(=O)O[C@@H](CO)C(O)C(=O)CCCCCCCCCCCCCCC.C[N+](C)(C)CCOP(=O)(O)O. The van der Waals surface area contributed by atoms with E-state index in [9.17, 15) is 24.4 Å². The maximum atomic E-state index is 12.4. The van der Waals surface area contributed by atoms with Crippen LogP contribution >= 0.6 is 7.82 Å². The van der Waals surface area contributed by atoms with E-state index < -0.39 is 32.6 Å². The molecule has 4 N–H and O–H groups in total. The predicted octanol–water partition coefficient (Wildman–Crippen LogP) is 10.1. The van der Waals surface area contributed by atoms with Crippen molar-refractivity contribution in [1.82, 2.24) is 0 Å². The van der Waals surface area contributed by atoms with Gasteiger partial charge in [-0.05, 0) is 38.5 Å². The zero-order valence-corrected chi connectivity index (χ0v) is 35.8. The van der Waals surface area contributed by atoms with E-state index in [0.29, 0.717) is 11.0 Å². The van der Waals surface area contributed by atoms with Crippen molar-refractivity contribution in [3.05, 3.63) is 12.2 Å². The molecule has 0 amide bonds. The molecule has 0 saturated carbocycles. The van der Waals surface area contributed by atoms with E-state index in [4.69, 9.17) is 14.5 Å². The Morgan fingerprint density at radius 3 is 1.38 bits per heavy atom. The lowest BCUT2D eigenvalue weighted by Crippen LogP contribution is -2.40. The Labute approximate surface area is 325 Å². The molecule has 0 spiro atoms. The molecule has 0 aromatic carbocycles. The third-order valence-corrected chi connectivity index (χ3v) is 9.85. The molecular formula is C42H85NO9P+. The zero-order chi connectivity index (χ0) is 40.1. The fourth-order valence-electron chi connectivity index (χ4n) is 5.88. The number of carbonyl (C=O) groups excluding carboxylic acids is 2. The first kappa shape index (κ1) is 54.0. The third kappa shape index (κ3) is 43.5. The average molecular weight is 779 g/mol. The summed E-state index contributed by atoms with van der Waals surface area (Å²) in [7, 11) is 1.50. The lowest BCUT2D eigenvalue weighted by molar-refractivity contribution is -0.870. The normalized spacial score (nSPS) is 13.2. The van der Waals surface area contributed by atoms with Crippen LogP contribution in [0.1, 0.15) is 194 Å². The molecule has 0 rings (SSSR count). The van der Waals surface area contributed by atoms with Gasteiger partial charge in [0.15, 0.2) is 18.0 Å². The van der Waals surface area contributed by atoms with Crippen LogP contribution in [0.5, 0.6) is 0 Å². The topological polar surface area (TPSA) is 151 Å². The second kappa shape index (κ2) is 37.8. The van der Waals surface area contributed by atoms with Crippen molar-refractivity contribution >= 4 is 19.6 Å². The number of nitrogens with zero attached hydrogens (tertiary/aromatic N) is 1. The summed E-state index contributed by atoms with van der Waals surface area (Å²) in [5, 5.41) is 19.9. The minimum absolute atomic E-state index is 0.0772. The summed E-state index contributed by atoms with van der Waals surface area (Å²) in [6.07, 6.45) is 34.1. The number of esters is 1. The van der Waals surface area contributed by atoms with E-state index in [0.717, 1.165) is 51.4 Å². The van der Waals surface area contributed by atoms with Gasteiger partial charge in [0.1, 0.15) is 13.2 Å². The molecule has 316 valence electrons. The fraction of sp³-hybridized carbons (Fsp3) is 0.905. The number of hydrogen-bond donors (Lipinski definition) is 4. The Morgan fingerprint density at radius 2 is 1.00 bits per heavy atom. The molecule has 0 aliphatic carbocycles. The first-order chi connectivity index (χ1) is 25.3. The lowest BCUT2D eigenvalue weighted by Gasteiger charge is -2.23. The number of phosphoric ester groups is 1. The summed E-state index contributed by atoms with van der Waals surface area (Å²) in [5.41, 5.74) is 0. The molecule has 53 heavy (non-hydrogen) atoms. The van der Waals surface area contributed by atoms with Crippen molar-refractivity contribution in [3.63, 3.8) is 0 Å². The number of hydrogen-bond acceptors (Lipinski definition) is 7. The highest BCUT2D eigenvalue weighted by molar-refractivity contribution is 7.46. The number of ketones is 1. The Hall–Kier alpha value is -1.13. The highest BCUT2D eigenvalue weighted by atomic mass is 31.2. The number of quaternary nitrogens is 1. The molecular weight excluding hydrogens is 693 g/mol. The van der Waals surface area contributed by atoms with E-state index in [1.54, 1.807) is 0 Å². The minimum Gasteiger partial charge on any atom is -0.457 e. The molecule has 0 bridgehead atoms. The van der Waals surface area contributed by atoms with E-state index in [1.807, 2.05) is 21.1 Å². The second-order valence-corrected chi connectivity index (χ2v) is 17.0. The van der Waals surface area contributed by atoms with Gasteiger partial charge in [-0.1, -0.05) is 154 Å². The number of unbranched alkanes of at least 4 members (excludes halogenated alkanes) is 23. The fourth-order valence-corrected chi connectivity index (χ4v) is 6.19. The number of Topliss-reactive ketones (excluding diaryl/α,β-unsaturated/α-hetero) is 1. The number of allylic oxidation sites excluding steroid dienone is 2. The van der Waals surface area contributed by atoms with Gasteiger partial charge in [0, 0.05) is 12.8 Å². The number of likely N-dealkylation sites (N-methyl/N-ethyl adjacent to an activating group) is 1. The second-order valence-electron chi connectivity index (χ2n) is 15.8. The van der Waals surface area contributed by atoms with Gasteiger partial charge >= 0.3 is 13.8 Å². The third-order valence-electron chi connectivity index (χ3n) is 9.34. The summed E-state index contributed by atoms with van der Waals surface area (Å²) in [4.78, 5) is 41.2. The van der Waals surface area contributed by atoms with Crippen molar-refractivity contribution in [3.8, 4) is 0 Å². The van der Waals surface area contributed by atoms with Crippen molar-refractivity contribution in [2.45, 2.75) is 206 Å². The van der Waals surface area contributed by atoms with Gasteiger partial charge in [-0.25, -0.2) is 4.57 Å². The number of rotatable bonds is 37. The summed E-state index contributed by atoms with van der Waals surface area (Å²) in [6, 6.07) is 0. The summed E-state index contributed by atoms with van der Waals surface area (Å²) in [5.74, 6) is -0.787. The Bertz CT molecular complexity index is 904. The molecule has 0 aliphatic rings. The molecule has 0 aromatic heterocycles. The average Bonchev–Trinajstić information content (AvgIpc) is 3.09. The number of phosphoric acid groups is 1. The molecule has 2 atom stereocenters. The molecule has 10 nitrogen and oxygen atoms in total. The Kier molecular flexibility index (Phi) is 38.5. The Balaban J connectivity index is 0. The molecule has 0 heterocycles. The van der Waals surface area contributed by atoms with Crippen LogP contribution in [0.15, 0.2) is 12.2 Å². The van der Waals surface area contributed by atoms with Gasteiger partial charge in [-0.3, -0.25) is 14.1 Å². The molecule has 0 saturated heterocycles. The molecule has 0 aromatic rings. The first-order valence-electron chi connectivity index (χ1n) is 21.4. The van der Waals surface area contributed by atoms with E-state index in [2.05, 4.69) is 30.5 Å². The quantitative estimate of drug-likeness (QED) is 0.0159. The number of aliphatic hydroxyl groups is 2. The van der Waals surface area contributed by atoms with E-state index in [1.165, 1.54) is 116 Å². The van der Waals surface area contributed by atoms with Gasteiger partial charge in [-0.2, -0.15) is 0 Å².